The van der Waals surface area contributed by atoms with Crippen molar-refractivity contribution in [2.75, 3.05) is 6.54 Å². The molecule has 0 bridgehead atoms. The van der Waals surface area contributed by atoms with E-state index in [4.69, 9.17) is 16.0 Å². The van der Waals surface area contributed by atoms with Gasteiger partial charge in [-0.1, -0.05) is 29.8 Å². The molecule has 0 saturated carbocycles. The number of carbonyl (C=O) groups is 1. The predicted molar refractivity (Wildman–Crippen MR) is 63.6 cm³/mol. The predicted octanol–water partition coefficient (Wildman–Crippen LogP) is 3.08. The molecule has 5 heteroatoms. The molecule has 0 aliphatic rings. The first kappa shape index (κ1) is 12.6. The van der Waals surface area contributed by atoms with Crippen molar-refractivity contribution in [3.8, 4) is 0 Å². The monoisotopic (exact) mass is 293 g/mol. The molecule has 1 amide bonds. The lowest BCUT2D eigenvalue weighted by atomic mass is 10.1. The molecular weight excluding hydrogens is 281 g/mol. The average molecular weight is 295 g/mol. The van der Waals surface area contributed by atoms with Gasteiger partial charge in [-0.25, -0.2) is 0 Å². The van der Waals surface area contributed by atoms with Gasteiger partial charge >= 0.3 is 0 Å². The summed E-state index contributed by atoms with van der Waals surface area (Å²) in [6.45, 7) is 4.73. The Morgan fingerprint density at radius 1 is 1.67 bits per heavy atom. The van der Waals surface area contributed by atoms with Crippen molar-refractivity contribution in [1.82, 2.24) is 5.32 Å². The molecule has 1 aromatic rings. The number of alkyl halides is 1. The third-order valence-corrected chi connectivity index (χ3v) is 3.72. The van der Waals surface area contributed by atoms with Gasteiger partial charge in [0.2, 0.25) is 5.22 Å². The zero-order chi connectivity index (χ0) is 11.4. The van der Waals surface area contributed by atoms with Crippen molar-refractivity contribution < 1.29 is 9.21 Å². The van der Waals surface area contributed by atoms with Gasteiger partial charge in [-0.2, -0.15) is 0 Å². The maximum atomic E-state index is 11.6. The molecule has 1 atom stereocenters. The van der Waals surface area contributed by atoms with Crippen LogP contribution in [0.1, 0.15) is 24.2 Å². The molecule has 0 aliphatic heterocycles. The number of halogens is 2. The molecular formula is C10H13BrClNO2. The van der Waals surface area contributed by atoms with Gasteiger partial charge in [0.05, 0.1) is 11.8 Å². The Hall–Kier alpha value is -0.480. The molecule has 0 saturated heterocycles. The largest absolute Gasteiger partial charge is 0.452 e. The topological polar surface area (TPSA) is 42.2 Å². The van der Waals surface area contributed by atoms with Crippen LogP contribution in [0, 0.1) is 5.92 Å². The van der Waals surface area contributed by atoms with Crippen molar-refractivity contribution in [3.05, 3.63) is 23.1 Å². The third-order valence-electron chi connectivity index (χ3n) is 2.04. The molecule has 1 unspecified atom stereocenters. The van der Waals surface area contributed by atoms with E-state index in [1.807, 2.05) is 0 Å². The summed E-state index contributed by atoms with van der Waals surface area (Å²) in [5.74, 6) is 0.254. The Labute approximate surface area is 102 Å². The Morgan fingerprint density at radius 2 is 2.33 bits per heavy atom. The second-order valence-electron chi connectivity index (χ2n) is 3.58. The van der Waals surface area contributed by atoms with Gasteiger partial charge in [0, 0.05) is 11.4 Å². The highest BCUT2D eigenvalue weighted by Crippen LogP contribution is 2.16. The lowest BCUT2D eigenvalue weighted by Crippen LogP contribution is -2.31. The Bertz CT molecular complexity index is 338. The number of amides is 1. The lowest BCUT2D eigenvalue weighted by Gasteiger charge is -2.13. The van der Waals surface area contributed by atoms with E-state index in [9.17, 15) is 4.79 Å². The molecule has 84 valence electrons. The molecule has 15 heavy (non-hydrogen) atoms. The van der Waals surface area contributed by atoms with Crippen LogP contribution in [0.4, 0.5) is 0 Å². The van der Waals surface area contributed by atoms with Crippen LogP contribution in [0.3, 0.4) is 0 Å². The minimum atomic E-state index is -0.209. The van der Waals surface area contributed by atoms with E-state index in [1.165, 1.54) is 6.26 Å². The molecule has 3 nitrogen and oxygen atoms in total. The van der Waals surface area contributed by atoms with Crippen LogP contribution in [0.25, 0.3) is 0 Å². The van der Waals surface area contributed by atoms with E-state index in [0.717, 1.165) is 0 Å². The van der Waals surface area contributed by atoms with Crippen LogP contribution in [0.2, 0.25) is 5.22 Å². The van der Waals surface area contributed by atoms with E-state index >= 15 is 0 Å². The minimum absolute atomic E-state index is 0.128. The van der Waals surface area contributed by atoms with Gasteiger partial charge in [0.25, 0.3) is 5.91 Å². The molecule has 0 aromatic carbocycles. The van der Waals surface area contributed by atoms with Crippen molar-refractivity contribution in [2.45, 2.75) is 18.7 Å². The van der Waals surface area contributed by atoms with Crippen LogP contribution in [0.5, 0.6) is 0 Å². The number of carbonyl (C=O) groups excluding carboxylic acids is 1. The van der Waals surface area contributed by atoms with Gasteiger partial charge in [0.15, 0.2) is 0 Å². The van der Waals surface area contributed by atoms with E-state index in [-0.39, 0.29) is 16.0 Å². The van der Waals surface area contributed by atoms with E-state index in [0.29, 0.717) is 18.0 Å². The summed E-state index contributed by atoms with van der Waals surface area (Å²) in [6.07, 6.45) is 1.39. The van der Waals surface area contributed by atoms with Gasteiger partial charge in [-0.05, 0) is 23.6 Å². The quantitative estimate of drug-likeness (QED) is 0.867. The van der Waals surface area contributed by atoms with Crippen LogP contribution < -0.4 is 5.32 Å². The van der Waals surface area contributed by atoms with Gasteiger partial charge in [0.1, 0.15) is 0 Å². The van der Waals surface area contributed by atoms with Crippen LogP contribution >= 0.6 is 27.5 Å². The highest BCUT2D eigenvalue weighted by Gasteiger charge is 2.15. The highest BCUT2D eigenvalue weighted by atomic mass is 79.9. The smallest absolute Gasteiger partial charge is 0.256 e. The van der Waals surface area contributed by atoms with E-state index < -0.39 is 0 Å². The fraction of sp³-hybridized carbons (Fsp3) is 0.500. The molecule has 0 aliphatic carbocycles. The minimum Gasteiger partial charge on any atom is -0.452 e. The summed E-state index contributed by atoms with van der Waals surface area (Å²) in [6, 6.07) is 1.55. The molecule has 1 aromatic heterocycles. The molecule has 0 fully saturated rings. The number of hydrogen-bond acceptors (Lipinski definition) is 2. The molecule has 1 rings (SSSR count). The SMILES string of the molecule is CC(C)C(Br)CNC(=O)c1ccoc1Cl. The van der Waals surface area contributed by atoms with E-state index in [2.05, 4.69) is 35.1 Å². The Balaban J connectivity index is 2.47. The number of nitrogens with one attached hydrogen (secondary N) is 1. The summed E-state index contributed by atoms with van der Waals surface area (Å²) >= 11 is 9.15. The maximum absolute atomic E-state index is 11.6. The summed E-state index contributed by atoms with van der Waals surface area (Å²) in [7, 11) is 0. The van der Waals surface area contributed by atoms with Gasteiger partial charge < -0.3 is 9.73 Å². The van der Waals surface area contributed by atoms with Crippen molar-refractivity contribution in [3.63, 3.8) is 0 Å². The summed E-state index contributed by atoms with van der Waals surface area (Å²) in [5, 5.41) is 2.90. The van der Waals surface area contributed by atoms with E-state index in [1.54, 1.807) is 6.07 Å². The first-order valence-electron chi connectivity index (χ1n) is 4.67. The van der Waals surface area contributed by atoms with Gasteiger partial charge in [-0.15, -0.1) is 0 Å². The fourth-order valence-corrected chi connectivity index (χ4v) is 1.34. The highest BCUT2D eigenvalue weighted by molar-refractivity contribution is 9.09. The number of rotatable bonds is 4. The molecule has 0 spiro atoms. The van der Waals surface area contributed by atoms with Crippen LogP contribution in [-0.4, -0.2) is 17.3 Å². The number of hydrogen-bond donors (Lipinski definition) is 1. The van der Waals surface area contributed by atoms with Crippen molar-refractivity contribution >= 4 is 33.4 Å². The van der Waals surface area contributed by atoms with Crippen molar-refractivity contribution in [2.24, 2.45) is 5.92 Å². The van der Waals surface area contributed by atoms with Crippen LogP contribution in [0.15, 0.2) is 16.7 Å². The zero-order valence-electron chi connectivity index (χ0n) is 8.59. The maximum Gasteiger partial charge on any atom is 0.256 e. The van der Waals surface area contributed by atoms with Gasteiger partial charge in [-0.3, -0.25) is 4.79 Å². The molecule has 1 N–H and O–H groups in total. The first-order chi connectivity index (χ1) is 7.02. The fourth-order valence-electron chi connectivity index (χ4n) is 0.977. The number of furan rings is 1. The first-order valence-corrected chi connectivity index (χ1v) is 5.97. The third kappa shape index (κ3) is 3.54. The second kappa shape index (κ2) is 5.56. The summed E-state index contributed by atoms with van der Waals surface area (Å²) in [4.78, 5) is 11.8. The van der Waals surface area contributed by atoms with Crippen LogP contribution in [-0.2, 0) is 0 Å². The average Bonchev–Trinajstić information content (AvgIpc) is 2.60. The molecule has 1 heterocycles. The lowest BCUT2D eigenvalue weighted by molar-refractivity contribution is 0.0952. The summed E-state index contributed by atoms with van der Waals surface area (Å²) in [5.41, 5.74) is 0.375. The normalized spacial score (nSPS) is 12.9. The standard InChI is InChI=1S/C10H13BrClNO2/c1-6(2)8(11)5-13-10(14)7-3-4-15-9(7)12/h3-4,6,8H,5H2,1-2H3,(H,13,14). The molecule has 0 radical (unpaired) electrons. The Morgan fingerprint density at radius 3 is 2.80 bits per heavy atom. The summed E-state index contributed by atoms with van der Waals surface area (Å²) < 4.78 is 4.83. The Kier molecular flexibility index (Phi) is 4.67. The second-order valence-corrected chi connectivity index (χ2v) is 5.10. The zero-order valence-corrected chi connectivity index (χ0v) is 10.9. The van der Waals surface area contributed by atoms with Crippen molar-refractivity contribution in [1.29, 1.82) is 0 Å².